The number of pyridine rings is 2. The number of anilines is 1. The first-order valence-corrected chi connectivity index (χ1v) is 10.8. The van der Waals surface area contributed by atoms with E-state index in [1.807, 2.05) is 24.4 Å². The van der Waals surface area contributed by atoms with Crippen molar-refractivity contribution < 1.29 is 4.98 Å². The van der Waals surface area contributed by atoms with Crippen molar-refractivity contribution in [1.29, 1.82) is 0 Å². The molecule has 4 heteroatoms. The zero-order chi connectivity index (χ0) is 21.8. The van der Waals surface area contributed by atoms with Crippen LogP contribution in [-0.2, 0) is 13.1 Å². The minimum atomic E-state index is 0.531. The second-order valence-corrected chi connectivity index (χ2v) is 7.78. The first-order valence-electron chi connectivity index (χ1n) is 10.8. The van der Waals surface area contributed by atoms with E-state index >= 15 is 0 Å². The highest BCUT2D eigenvalue weighted by molar-refractivity contribution is 5.95. The number of aromatic amines is 1. The number of rotatable bonds is 6. The molecule has 5 aromatic rings. The molecule has 0 aliphatic heterocycles. The number of H-pyrrole nitrogens is 1. The Hall–Kier alpha value is -4.02. The third-order valence-corrected chi connectivity index (χ3v) is 5.65. The zero-order valence-corrected chi connectivity index (χ0v) is 17.8. The zero-order valence-electron chi connectivity index (χ0n) is 17.8. The van der Waals surface area contributed by atoms with E-state index in [9.17, 15) is 0 Å². The second-order valence-electron chi connectivity index (χ2n) is 7.78. The van der Waals surface area contributed by atoms with Crippen LogP contribution in [0.15, 0.2) is 103 Å². The number of hydrogen-bond donors (Lipinski definition) is 2. The fourth-order valence-electron chi connectivity index (χ4n) is 3.93. The Kier molecular flexibility index (Phi) is 5.60. The highest BCUT2D eigenvalue weighted by Gasteiger charge is 2.16. The molecule has 0 aliphatic rings. The third-order valence-electron chi connectivity index (χ3n) is 5.65. The van der Waals surface area contributed by atoms with Crippen molar-refractivity contribution in [2.75, 3.05) is 5.32 Å². The van der Waals surface area contributed by atoms with Gasteiger partial charge in [-0.25, -0.2) is 9.97 Å². The molecule has 4 nitrogen and oxygen atoms in total. The molecule has 0 aliphatic carbocycles. The van der Waals surface area contributed by atoms with Crippen molar-refractivity contribution in [2.24, 2.45) is 5.73 Å². The predicted molar refractivity (Wildman–Crippen MR) is 131 cm³/mol. The number of benzene rings is 3. The molecule has 0 saturated carbocycles. The summed E-state index contributed by atoms with van der Waals surface area (Å²) in [6.45, 7) is 1.27. The van der Waals surface area contributed by atoms with Crippen LogP contribution in [0.25, 0.3) is 33.3 Å². The number of aromatic nitrogens is 2. The lowest BCUT2D eigenvalue weighted by molar-refractivity contribution is -0.359. The van der Waals surface area contributed by atoms with Crippen LogP contribution in [0.5, 0.6) is 0 Å². The molecule has 32 heavy (non-hydrogen) atoms. The van der Waals surface area contributed by atoms with Crippen LogP contribution < -0.4 is 16.0 Å². The van der Waals surface area contributed by atoms with E-state index in [4.69, 9.17) is 10.7 Å². The molecule has 0 radical (unpaired) electrons. The fraction of sp³-hybridized carbons (Fsp3) is 0.0714. The van der Waals surface area contributed by atoms with Crippen LogP contribution in [-0.4, -0.2) is 4.98 Å². The van der Waals surface area contributed by atoms with Crippen LogP contribution in [0, 0.1) is 0 Å². The maximum atomic E-state index is 5.80. The molecule has 0 spiro atoms. The second kappa shape index (κ2) is 9.00. The van der Waals surface area contributed by atoms with Gasteiger partial charge < -0.3 is 5.73 Å². The molecule has 0 atom stereocenters. The van der Waals surface area contributed by atoms with Gasteiger partial charge in [-0.15, -0.1) is 0 Å². The molecular weight excluding hydrogens is 392 g/mol. The van der Waals surface area contributed by atoms with Crippen LogP contribution >= 0.6 is 0 Å². The van der Waals surface area contributed by atoms with Crippen LogP contribution in [0.2, 0.25) is 0 Å². The smallest absolute Gasteiger partial charge is 0.282 e. The topological polar surface area (TPSA) is 65.1 Å². The lowest BCUT2D eigenvalue weighted by Crippen LogP contribution is -2.13. The molecule has 2 heterocycles. The van der Waals surface area contributed by atoms with E-state index in [2.05, 4.69) is 89.2 Å². The van der Waals surface area contributed by atoms with E-state index in [1.54, 1.807) is 0 Å². The van der Waals surface area contributed by atoms with E-state index in [0.717, 1.165) is 51.2 Å². The van der Waals surface area contributed by atoms with Crippen molar-refractivity contribution in [3.05, 3.63) is 114 Å². The summed E-state index contributed by atoms with van der Waals surface area (Å²) in [4.78, 5) is 8.47. The summed E-state index contributed by atoms with van der Waals surface area (Å²) in [6.07, 6.45) is 1.94. The fourth-order valence-corrected chi connectivity index (χ4v) is 3.93. The minimum absolute atomic E-state index is 0.531. The molecule has 156 valence electrons. The van der Waals surface area contributed by atoms with Gasteiger partial charge in [0.15, 0.2) is 0 Å². The van der Waals surface area contributed by atoms with Crippen LogP contribution in [0.1, 0.15) is 11.1 Å². The highest BCUT2D eigenvalue weighted by atomic mass is 15.0. The van der Waals surface area contributed by atoms with E-state index in [-0.39, 0.29) is 0 Å². The van der Waals surface area contributed by atoms with Crippen molar-refractivity contribution in [2.45, 2.75) is 13.1 Å². The SMILES string of the molecule is NCc1ccc(-c2nc3cc[nH+]c(NCc4ccccc4)c3cc2-c2ccccc2)cc1. The van der Waals surface area contributed by atoms with Gasteiger partial charge in [0.05, 0.1) is 22.8 Å². The first-order chi connectivity index (χ1) is 15.8. The van der Waals surface area contributed by atoms with Crippen LogP contribution in [0.4, 0.5) is 5.82 Å². The third kappa shape index (κ3) is 4.09. The van der Waals surface area contributed by atoms with Gasteiger partial charge in [0, 0.05) is 23.7 Å². The van der Waals surface area contributed by atoms with Gasteiger partial charge in [-0.2, -0.15) is 0 Å². The van der Waals surface area contributed by atoms with Gasteiger partial charge in [-0.1, -0.05) is 84.9 Å². The van der Waals surface area contributed by atoms with Gasteiger partial charge >= 0.3 is 0 Å². The molecular formula is C28H25N4+. The van der Waals surface area contributed by atoms with Gasteiger partial charge in [0.1, 0.15) is 6.54 Å². The lowest BCUT2D eigenvalue weighted by atomic mass is 9.97. The van der Waals surface area contributed by atoms with Gasteiger partial charge in [-0.05, 0) is 22.8 Å². The van der Waals surface area contributed by atoms with E-state index in [0.29, 0.717) is 6.54 Å². The summed E-state index contributed by atoms with van der Waals surface area (Å²) in [5, 5.41) is 4.61. The average molecular weight is 418 g/mol. The largest absolute Gasteiger partial charge is 0.326 e. The standard InChI is InChI=1S/C28H24N4/c29-18-20-11-13-23(14-12-20)27-24(22-9-5-2-6-10-22)17-25-26(32-27)15-16-30-28(25)31-19-21-7-3-1-4-8-21/h1-17H,18-19,29H2,(H,30,31)/p+1. The Labute approximate surface area is 187 Å². The molecule has 0 unspecified atom stereocenters. The monoisotopic (exact) mass is 417 g/mol. The summed E-state index contributed by atoms with van der Waals surface area (Å²) in [5.74, 6) is 0.959. The summed E-state index contributed by atoms with van der Waals surface area (Å²) < 4.78 is 0. The Morgan fingerprint density at radius 3 is 2.19 bits per heavy atom. The Balaban J connectivity index is 1.63. The molecule has 4 N–H and O–H groups in total. The predicted octanol–water partition coefficient (Wildman–Crippen LogP) is 5.45. The molecule has 3 aromatic carbocycles. The number of nitrogens with two attached hydrogens (primary N) is 1. The molecule has 0 amide bonds. The summed E-state index contributed by atoms with van der Waals surface area (Å²) in [6, 6.07) is 33.4. The summed E-state index contributed by atoms with van der Waals surface area (Å²) >= 11 is 0. The quantitative estimate of drug-likeness (QED) is 0.386. The summed E-state index contributed by atoms with van der Waals surface area (Å²) in [7, 11) is 0. The number of fused-ring (bicyclic) bond motifs is 1. The van der Waals surface area contributed by atoms with Gasteiger partial charge in [-0.3, -0.25) is 5.32 Å². The maximum Gasteiger partial charge on any atom is 0.282 e. The Bertz CT molecular complexity index is 1330. The van der Waals surface area contributed by atoms with Crippen molar-refractivity contribution in [3.8, 4) is 22.4 Å². The number of nitrogens with zero attached hydrogens (tertiary/aromatic N) is 1. The molecule has 0 saturated heterocycles. The molecule has 2 aromatic heterocycles. The maximum absolute atomic E-state index is 5.80. The van der Waals surface area contributed by atoms with Crippen LogP contribution in [0.3, 0.4) is 0 Å². The minimum Gasteiger partial charge on any atom is -0.326 e. The molecule has 5 rings (SSSR count). The number of hydrogen-bond acceptors (Lipinski definition) is 3. The first kappa shape index (κ1) is 19.9. The van der Waals surface area contributed by atoms with Crippen molar-refractivity contribution in [3.63, 3.8) is 0 Å². The van der Waals surface area contributed by atoms with E-state index in [1.165, 1.54) is 5.56 Å². The number of nitrogens with one attached hydrogen (secondary N) is 2. The van der Waals surface area contributed by atoms with Gasteiger partial charge in [0.2, 0.25) is 0 Å². The van der Waals surface area contributed by atoms with Gasteiger partial charge in [0.25, 0.3) is 5.82 Å². The van der Waals surface area contributed by atoms with Crippen molar-refractivity contribution in [1.82, 2.24) is 4.98 Å². The average Bonchev–Trinajstić information content (AvgIpc) is 2.88. The highest BCUT2D eigenvalue weighted by Crippen LogP contribution is 2.34. The molecule has 0 fully saturated rings. The van der Waals surface area contributed by atoms with E-state index < -0.39 is 0 Å². The Morgan fingerprint density at radius 2 is 1.47 bits per heavy atom. The normalized spacial score (nSPS) is 10.9. The summed E-state index contributed by atoms with van der Waals surface area (Å²) in [5.41, 5.74) is 13.4. The van der Waals surface area contributed by atoms with Crippen molar-refractivity contribution >= 4 is 16.7 Å². The molecule has 0 bridgehead atoms. The lowest BCUT2D eigenvalue weighted by Gasteiger charge is -2.12. The Morgan fingerprint density at radius 1 is 0.750 bits per heavy atom.